The highest BCUT2D eigenvalue weighted by atomic mass is 35.5. The number of nitrogens with zero attached hydrogens (tertiary/aromatic N) is 3. The molecule has 6 nitrogen and oxygen atoms in total. The molecule has 2 aromatic carbocycles. The number of aryl methyl sites for hydroxylation is 1. The highest BCUT2D eigenvalue weighted by Crippen LogP contribution is 2.22. The zero-order valence-corrected chi connectivity index (χ0v) is 17.6. The van der Waals surface area contributed by atoms with Crippen molar-refractivity contribution < 1.29 is 13.2 Å². The van der Waals surface area contributed by atoms with Crippen LogP contribution in [0.25, 0.3) is 0 Å². The molecule has 0 aliphatic carbocycles. The number of carbonyl (C=O) groups excluding carboxylic acids is 1. The lowest BCUT2D eigenvalue weighted by molar-refractivity contribution is -0.129. The number of piperazine rings is 1. The Morgan fingerprint density at radius 2 is 1.75 bits per heavy atom. The van der Waals surface area contributed by atoms with Gasteiger partial charge < -0.3 is 9.80 Å². The van der Waals surface area contributed by atoms with Crippen molar-refractivity contribution in [2.24, 2.45) is 0 Å². The predicted octanol–water partition coefficient (Wildman–Crippen LogP) is 2.76. The van der Waals surface area contributed by atoms with Crippen LogP contribution in [0, 0.1) is 6.92 Å². The van der Waals surface area contributed by atoms with Crippen LogP contribution in [-0.2, 0) is 14.8 Å². The van der Waals surface area contributed by atoms with E-state index < -0.39 is 10.0 Å². The molecule has 0 bridgehead atoms. The number of hydrogen-bond acceptors (Lipinski definition) is 4. The minimum atomic E-state index is -3.61. The maximum absolute atomic E-state index is 12.8. The Labute approximate surface area is 171 Å². The molecule has 0 aromatic heterocycles. The fourth-order valence-electron chi connectivity index (χ4n) is 3.29. The molecule has 3 rings (SSSR count). The zero-order valence-electron chi connectivity index (χ0n) is 16.0. The van der Waals surface area contributed by atoms with E-state index in [1.54, 1.807) is 29.2 Å². The van der Waals surface area contributed by atoms with Gasteiger partial charge in [0, 0.05) is 36.9 Å². The highest BCUT2D eigenvalue weighted by Gasteiger charge is 2.26. The number of hydrogen-bond donors (Lipinski definition) is 0. The Balaban J connectivity index is 1.67. The number of sulfonamides is 1. The van der Waals surface area contributed by atoms with Crippen LogP contribution in [-0.4, -0.2) is 58.2 Å². The molecule has 0 atom stereocenters. The van der Waals surface area contributed by atoms with Crippen molar-refractivity contribution in [2.75, 3.05) is 48.2 Å². The lowest BCUT2D eigenvalue weighted by Crippen LogP contribution is -2.52. The predicted molar refractivity (Wildman–Crippen MR) is 114 cm³/mol. The van der Waals surface area contributed by atoms with Crippen molar-refractivity contribution in [1.29, 1.82) is 0 Å². The lowest BCUT2D eigenvalue weighted by atomic mass is 10.2. The van der Waals surface area contributed by atoms with E-state index >= 15 is 0 Å². The summed E-state index contributed by atoms with van der Waals surface area (Å²) in [5, 5.41) is 0.422. The molecule has 2 aromatic rings. The van der Waals surface area contributed by atoms with Crippen LogP contribution < -0.4 is 9.21 Å². The standard InChI is InChI=1S/C20H24ClN3O3S/c1-16-5-3-7-18(13-16)22-9-11-23(12-10-22)20(25)15-24(28(2,26)27)19-8-4-6-17(21)14-19/h3-8,13-14H,9-12,15H2,1-2H3. The Morgan fingerprint density at radius 1 is 1.07 bits per heavy atom. The minimum Gasteiger partial charge on any atom is -0.368 e. The van der Waals surface area contributed by atoms with Crippen LogP contribution in [0.5, 0.6) is 0 Å². The van der Waals surface area contributed by atoms with Gasteiger partial charge in [0.05, 0.1) is 11.9 Å². The molecule has 1 aliphatic heterocycles. The average Bonchev–Trinajstić information content (AvgIpc) is 2.65. The molecule has 8 heteroatoms. The van der Waals surface area contributed by atoms with Gasteiger partial charge in [-0.15, -0.1) is 0 Å². The summed E-state index contributed by atoms with van der Waals surface area (Å²) in [4.78, 5) is 16.7. The summed E-state index contributed by atoms with van der Waals surface area (Å²) < 4.78 is 25.6. The fraction of sp³-hybridized carbons (Fsp3) is 0.350. The molecule has 0 radical (unpaired) electrons. The van der Waals surface area contributed by atoms with Gasteiger partial charge in [-0.05, 0) is 42.8 Å². The number of halogens is 1. The molecule has 0 spiro atoms. The zero-order chi connectivity index (χ0) is 20.3. The summed E-state index contributed by atoms with van der Waals surface area (Å²) in [7, 11) is -3.61. The topological polar surface area (TPSA) is 60.9 Å². The summed E-state index contributed by atoms with van der Waals surface area (Å²) in [5.41, 5.74) is 2.73. The Hall–Kier alpha value is -2.25. The first kappa shape index (κ1) is 20.5. The van der Waals surface area contributed by atoms with Crippen molar-refractivity contribution >= 4 is 38.9 Å². The molecule has 1 heterocycles. The van der Waals surface area contributed by atoms with Gasteiger partial charge in [-0.2, -0.15) is 0 Å². The molecular weight excluding hydrogens is 398 g/mol. The van der Waals surface area contributed by atoms with Crippen LogP contribution in [0.1, 0.15) is 5.56 Å². The van der Waals surface area contributed by atoms with Crippen molar-refractivity contribution in [3.8, 4) is 0 Å². The second kappa shape index (κ2) is 8.41. The number of carbonyl (C=O) groups is 1. The van der Waals surface area contributed by atoms with E-state index in [1.807, 2.05) is 6.07 Å². The third kappa shape index (κ3) is 4.97. The largest absolute Gasteiger partial charge is 0.368 e. The number of amides is 1. The van der Waals surface area contributed by atoms with E-state index in [0.29, 0.717) is 36.9 Å². The van der Waals surface area contributed by atoms with E-state index in [2.05, 4.69) is 30.0 Å². The molecule has 0 N–H and O–H groups in total. The Bertz CT molecular complexity index is 957. The van der Waals surface area contributed by atoms with E-state index in [-0.39, 0.29) is 12.5 Å². The second-order valence-electron chi connectivity index (χ2n) is 6.96. The monoisotopic (exact) mass is 421 g/mol. The van der Waals surface area contributed by atoms with Gasteiger partial charge in [0.25, 0.3) is 0 Å². The third-order valence-corrected chi connectivity index (χ3v) is 6.15. The molecular formula is C20H24ClN3O3S. The normalized spacial score (nSPS) is 14.8. The van der Waals surface area contributed by atoms with Gasteiger partial charge in [-0.1, -0.05) is 29.8 Å². The molecule has 0 unspecified atom stereocenters. The first-order valence-corrected chi connectivity index (χ1v) is 11.3. The van der Waals surface area contributed by atoms with E-state index in [4.69, 9.17) is 11.6 Å². The second-order valence-corrected chi connectivity index (χ2v) is 9.30. The maximum atomic E-state index is 12.8. The number of anilines is 2. The van der Waals surface area contributed by atoms with Crippen LogP contribution in [0.4, 0.5) is 11.4 Å². The average molecular weight is 422 g/mol. The Morgan fingerprint density at radius 3 is 2.36 bits per heavy atom. The summed E-state index contributed by atoms with van der Waals surface area (Å²) in [6.07, 6.45) is 1.09. The quantitative estimate of drug-likeness (QED) is 0.744. The molecule has 1 saturated heterocycles. The highest BCUT2D eigenvalue weighted by molar-refractivity contribution is 7.92. The molecule has 1 aliphatic rings. The van der Waals surface area contributed by atoms with Crippen molar-refractivity contribution in [2.45, 2.75) is 6.92 Å². The van der Waals surface area contributed by atoms with Gasteiger partial charge in [0.15, 0.2) is 0 Å². The van der Waals surface area contributed by atoms with Crippen LogP contribution in [0.3, 0.4) is 0 Å². The Kier molecular flexibility index (Phi) is 6.15. The van der Waals surface area contributed by atoms with Crippen LogP contribution in [0.15, 0.2) is 48.5 Å². The molecule has 28 heavy (non-hydrogen) atoms. The SMILES string of the molecule is Cc1cccc(N2CCN(C(=O)CN(c3cccc(Cl)c3)S(C)(=O)=O)CC2)c1. The van der Waals surface area contributed by atoms with Gasteiger partial charge in [0.1, 0.15) is 6.54 Å². The van der Waals surface area contributed by atoms with E-state index in [9.17, 15) is 13.2 Å². The number of benzene rings is 2. The van der Waals surface area contributed by atoms with E-state index in [1.165, 1.54) is 5.56 Å². The maximum Gasteiger partial charge on any atom is 0.243 e. The molecule has 1 amide bonds. The van der Waals surface area contributed by atoms with Crippen molar-refractivity contribution in [3.05, 3.63) is 59.1 Å². The molecule has 0 saturated carbocycles. The number of rotatable bonds is 5. The summed E-state index contributed by atoms with van der Waals surface area (Å²) in [6.45, 7) is 4.36. The van der Waals surface area contributed by atoms with Gasteiger partial charge in [-0.25, -0.2) is 8.42 Å². The van der Waals surface area contributed by atoms with Gasteiger partial charge in [-0.3, -0.25) is 9.10 Å². The van der Waals surface area contributed by atoms with E-state index in [0.717, 1.165) is 16.2 Å². The van der Waals surface area contributed by atoms with Gasteiger partial charge >= 0.3 is 0 Å². The van der Waals surface area contributed by atoms with Gasteiger partial charge in [0.2, 0.25) is 15.9 Å². The fourth-order valence-corrected chi connectivity index (χ4v) is 4.32. The molecule has 1 fully saturated rings. The van der Waals surface area contributed by atoms with Crippen molar-refractivity contribution in [3.63, 3.8) is 0 Å². The summed E-state index contributed by atoms with van der Waals surface area (Å²) >= 11 is 5.99. The van der Waals surface area contributed by atoms with Crippen LogP contribution in [0.2, 0.25) is 5.02 Å². The summed E-state index contributed by atoms with van der Waals surface area (Å²) in [6, 6.07) is 14.8. The first-order chi connectivity index (χ1) is 13.2. The summed E-state index contributed by atoms with van der Waals surface area (Å²) in [5.74, 6) is -0.214. The third-order valence-electron chi connectivity index (χ3n) is 4.77. The lowest BCUT2D eigenvalue weighted by Gasteiger charge is -2.37. The van der Waals surface area contributed by atoms with Crippen molar-refractivity contribution in [1.82, 2.24) is 4.90 Å². The first-order valence-electron chi connectivity index (χ1n) is 9.07. The smallest absolute Gasteiger partial charge is 0.243 e. The molecule has 150 valence electrons. The minimum absolute atomic E-state index is 0.214. The van der Waals surface area contributed by atoms with Crippen LogP contribution >= 0.6 is 11.6 Å².